The average Bonchev–Trinajstić information content (AvgIpc) is 3.39. The van der Waals surface area contributed by atoms with Gasteiger partial charge in [0.15, 0.2) is 17.4 Å². The van der Waals surface area contributed by atoms with E-state index in [1.165, 1.54) is 24.6 Å². The number of nitrogens with zero attached hydrogens (tertiary/aromatic N) is 2. The number of ether oxygens (including phenoxy) is 1. The van der Waals surface area contributed by atoms with Gasteiger partial charge in [-0.3, -0.25) is 14.4 Å². The normalized spacial score (nSPS) is 13.4. The topological polar surface area (TPSA) is 121 Å². The molecule has 9 nitrogen and oxygen atoms in total. The molecule has 0 unspecified atom stereocenters. The molecule has 10 heteroatoms. The number of anilines is 1. The van der Waals surface area contributed by atoms with Gasteiger partial charge in [0.25, 0.3) is 5.91 Å². The summed E-state index contributed by atoms with van der Waals surface area (Å²) in [5.41, 5.74) is 0.615. The number of hydrogen-bond donors (Lipinski definition) is 2. The van der Waals surface area contributed by atoms with Gasteiger partial charge in [-0.05, 0) is 18.9 Å². The summed E-state index contributed by atoms with van der Waals surface area (Å²) < 4.78 is 4.97. The zero-order chi connectivity index (χ0) is 19.4. The molecule has 0 aliphatic carbocycles. The Bertz CT molecular complexity index is 882. The quantitative estimate of drug-likeness (QED) is 0.572. The Hall–Kier alpha value is -3.01. The maximum atomic E-state index is 12.3. The summed E-state index contributed by atoms with van der Waals surface area (Å²) in [7, 11) is 0. The van der Waals surface area contributed by atoms with Crippen molar-refractivity contribution in [1.82, 2.24) is 14.9 Å². The molecule has 0 radical (unpaired) electrons. The number of aromatic amines is 1. The second-order valence-electron chi connectivity index (χ2n) is 6.02. The van der Waals surface area contributed by atoms with Crippen LogP contribution in [0.1, 0.15) is 51.1 Å². The monoisotopic (exact) mass is 390 g/mol. The SMILES string of the molecule is CC(=O)Nc1nc(C(=O)OCC(=O)c2c[nH]c(C(=O)N3CCCC3)c2)cs1. The highest BCUT2D eigenvalue weighted by Crippen LogP contribution is 2.17. The van der Waals surface area contributed by atoms with E-state index in [2.05, 4.69) is 15.3 Å². The highest BCUT2D eigenvalue weighted by atomic mass is 32.1. The van der Waals surface area contributed by atoms with Crippen LogP contribution < -0.4 is 5.32 Å². The molecule has 0 spiro atoms. The third kappa shape index (κ3) is 4.59. The summed E-state index contributed by atoms with van der Waals surface area (Å²) in [6, 6.07) is 1.47. The zero-order valence-corrected chi connectivity index (χ0v) is 15.4. The van der Waals surface area contributed by atoms with Crippen molar-refractivity contribution >= 4 is 40.0 Å². The summed E-state index contributed by atoms with van der Waals surface area (Å²) in [5, 5.41) is 4.17. The van der Waals surface area contributed by atoms with E-state index in [1.807, 2.05) is 0 Å². The molecule has 3 heterocycles. The van der Waals surface area contributed by atoms with Gasteiger partial charge in [0.1, 0.15) is 5.69 Å². The van der Waals surface area contributed by atoms with Gasteiger partial charge >= 0.3 is 5.97 Å². The summed E-state index contributed by atoms with van der Waals surface area (Å²) in [4.78, 5) is 55.8. The second-order valence-corrected chi connectivity index (χ2v) is 6.88. The largest absolute Gasteiger partial charge is 0.453 e. The number of carbonyl (C=O) groups is 4. The van der Waals surface area contributed by atoms with Crippen LogP contribution in [0.3, 0.4) is 0 Å². The molecule has 1 fully saturated rings. The van der Waals surface area contributed by atoms with Crippen molar-refractivity contribution in [3.63, 3.8) is 0 Å². The Morgan fingerprint density at radius 1 is 1.30 bits per heavy atom. The lowest BCUT2D eigenvalue weighted by Gasteiger charge is -2.13. The minimum absolute atomic E-state index is 0.00974. The van der Waals surface area contributed by atoms with Gasteiger partial charge in [-0.25, -0.2) is 9.78 Å². The molecular formula is C17H18N4O5S. The molecule has 1 aliphatic rings. The summed E-state index contributed by atoms with van der Waals surface area (Å²) in [6.07, 6.45) is 3.39. The van der Waals surface area contributed by atoms with Gasteiger partial charge in [-0.15, -0.1) is 11.3 Å². The smallest absolute Gasteiger partial charge is 0.358 e. The number of hydrogen-bond acceptors (Lipinski definition) is 7. The van der Waals surface area contributed by atoms with E-state index >= 15 is 0 Å². The maximum Gasteiger partial charge on any atom is 0.358 e. The Morgan fingerprint density at radius 3 is 2.74 bits per heavy atom. The third-order valence-electron chi connectivity index (χ3n) is 3.96. The van der Waals surface area contributed by atoms with Crippen LogP contribution in [0.2, 0.25) is 0 Å². The first kappa shape index (κ1) is 18.8. The predicted octanol–water partition coefficient (Wildman–Crippen LogP) is 1.71. The molecule has 3 rings (SSSR count). The van der Waals surface area contributed by atoms with Crippen LogP contribution in [0.4, 0.5) is 5.13 Å². The fraction of sp³-hybridized carbons (Fsp3) is 0.353. The number of carbonyl (C=O) groups excluding carboxylic acids is 4. The van der Waals surface area contributed by atoms with Crippen molar-refractivity contribution < 1.29 is 23.9 Å². The van der Waals surface area contributed by atoms with E-state index in [0.717, 1.165) is 24.2 Å². The van der Waals surface area contributed by atoms with Crippen LogP contribution in [0.15, 0.2) is 17.6 Å². The lowest BCUT2D eigenvalue weighted by molar-refractivity contribution is -0.114. The first-order valence-corrected chi connectivity index (χ1v) is 9.23. The molecule has 0 bridgehead atoms. The number of esters is 1. The van der Waals surface area contributed by atoms with Crippen molar-refractivity contribution in [2.75, 3.05) is 25.0 Å². The molecule has 27 heavy (non-hydrogen) atoms. The van der Waals surface area contributed by atoms with Gasteiger partial charge in [-0.1, -0.05) is 0 Å². The van der Waals surface area contributed by atoms with Crippen molar-refractivity contribution in [2.24, 2.45) is 0 Å². The number of nitrogens with one attached hydrogen (secondary N) is 2. The molecule has 0 atom stereocenters. The van der Waals surface area contributed by atoms with Gasteiger partial charge in [0, 0.05) is 37.2 Å². The fourth-order valence-corrected chi connectivity index (χ4v) is 3.36. The molecule has 2 N–H and O–H groups in total. The first-order chi connectivity index (χ1) is 12.9. The number of H-pyrrole nitrogens is 1. The maximum absolute atomic E-state index is 12.3. The van der Waals surface area contributed by atoms with Gasteiger partial charge in [0.05, 0.1) is 0 Å². The van der Waals surface area contributed by atoms with Crippen LogP contribution in [-0.4, -0.2) is 58.1 Å². The van der Waals surface area contributed by atoms with Gasteiger partial charge in [-0.2, -0.15) is 0 Å². The molecule has 1 aliphatic heterocycles. The van der Waals surface area contributed by atoms with Gasteiger partial charge in [0.2, 0.25) is 11.7 Å². The zero-order valence-electron chi connectivity index (χ0n) is 14.6. The Labute approximate surface area is 158 Å². The van der Waals surface area contributed by atoms with Crippen LogP contribution in [0.25, 0.3) is 0 Å². The van der Waals surface area contributed by atoms with E-state index in [0.29, 0.717) is 18.8 Å². The third-order valence-corrected chi connectivity index (χ3v) is 4.72. The molecule has 0 aromatic carbocycles. The molecular weight excluding hydrogens is 372 g/mol. The number of likely N-dealkylation sites (tertiary alicyclic amines) is 1. The van der Waals surface area contributed by atoms with E-state index < -0.39 is 18.4 Å². The number of Topliss-reactive ketones (excluding diaryl/α,β-unsaturated/α-hetero) is 1. The molecule has 1 saturated heterocycles. The van der Waals surface area contributed by atoms with Crippen molar-refractivity contribution in [2.45, 2.75) is 19.8 Å². The molecule has 142 valence electrons. The standard InChI is InChI=1S/C17H18N4O5S/c1-10(22)19-17-20-13(9-27-17)16(25)26-8-14(23)11-6-12(18-7-11)15(24)21-4-2-3-5-21/h6-7,9,18H,2-5,8H2,1H3,(H,19,20,22). The Balaban J connectivity index is 1.54. The summed E-state index contributed by atoms with van der Waals surface area (Å²) in [5.74, 6) is -1.64. The van der Waals surface area contributed by atoms with Crippen molar-refractivity contribution in [1.29, 1.82) is 0 Å². The number of ketones is 1. The van der Waals surface area contributed by atoms with E-state index in [4.69, 9.17) is 4.74 Å². The Kier molecular flexibility index (Phi) is 5.65. The van der Waals surface area contributed by atoms with Gasteiger partial charge < -0.3 is 19.9 Å². The highest BCUT2D eigenvalue weighted by Gasteiger charge is 2.22. The van der Waals surface area contributed by atoms with Crippen LogP contribution in [-0.2, 0) is 9.53 Å². The van der Waals surface area contributed by atoms with E-state index in [-0.39, 0.29) is 28.2 Å². The second kappa shape index (κ2) is 8.12. The number of rotatable bonds is 6. The lowest BCUT2D eigenvalue weighted by atomic mass is 10.2. The van der Waals surface area contributed by atoms with E-state index in [9.17, 15) is 19.2 Å². The van der Waals surface area contributed by atoms with Crippen LogP contribution in [0, 0.1) is 0 Å². The lowest BCUT2D eigenvalue weighted by Crippen LogP contribution is -2.27. The molecule has 0 saturated carbocycles. The van der Waals surface area contributed by atoms with Crippen molar-refractivity contribution in [3.05, 3.63) is 34.6 Å². The summed E-state index contributed by atoms with van der Waals surface area (Å²) in [6.45, 7) is 2.29. The molecule has 2 aromatic rings. The van der Waals surface area contributed by atoms with Crippen molar-refractivity contribution in [3.8, 4) is 0 Å². The minimum atomic E-state index is -0.764. The fourth-order valence-electron chi connectivity index (χ4n) is 2.63. The predicted molar refractivity (Wildman–Crippen MR) is 97.0 cm³/mol. The highest BCUT2D eigenvalue weighted by molar-refractivity contribution is 7.14. The minimum Gasteiger partial charge on any atom is -0.453 e. The number of thiazole rings is 1. The first-order valence-electron chi connectivity index (χ1n) is 8.35. The molecule has 2 amide bonds. The summed E-state index contributed by atoms with van der Waals surface area (Å²) >= 11 is 1.08. The van der Waals surface area contributed by atoms with E-state index in [1.54, 1.807) is 4.90 Å². The van der Waals surface area contributed by atoms with Crippen LogP contribution in [0.5, 0.6) is 0 Å². The Morgan fingerprint density at radius 2 is 2.04 bits per heavy atom. The molecule has 2 aromatic heterocycles. The van der Waals surface area contributed by atoms with Crippen LogP contribution >= 0.6 is 11.3 Å². The number of aromatic nitrogens is 2. The number of amides is 2. The average molecular weight is 390 g/mol.